The van der Waals surface area contributed by atoms with Crippen molar-refractivity contribution in [2.75, 3.05) is 20.8 Å². The molecule has 2 heterocycles. The van der Waals surface area contributed by atoms with Crippen molar-refractivity contribution in [2.45, 2.75) is 48.6 Å². The van der Waals surface area contributed by atoms with Crippen molar-refractivity contribution in [3.05, 3.63) is 43.1 Å². The number of aromatic nitrogens is 1. The van der Waals surface area contributed by atoms with Gasteiger partial charge in [0.1, 0.15) is 17.4 Å². The summed E-state index contributed by atoms with van der Waals surface area (Å²) in [5, 5.41) is 14.1. The van der Waals surface area contributed by atoms with E-state index in [0.717, 1.165) is 23.6 Å². The topological polar surface area (TPSA) is 156 Å². The first-order valence-corrected chi connectivity index (χ1v) is 13.6. The molecule has 3 fully saturated rings. The summed E-state index contributed by atoms with van der Waals surface area (Å²) >= 11 is 0. The van der Waals surface area contributed by atoms with Gasteiger partial charge in [0, 0.05) is 37.6 Å². The molecular formula is C25H32N4O7S. The highest BCUT2D eigenvalue weighted by Gasteiger charge is 2.61. The maximum atomic E-state index is 13.0. The predicted molar refractivity (Wildman–Crippen MR) is 137 cm³/mol. The van der Waals surface area contributed by atoms with Crippen molar-refractivity contribution in [3.8, 4) is 11.6 Å². The molecule has 1 aliphatic heterocycles. The third-order valence-electron chi connectivity index (χ3n) is 6.87. The van der Waals surface area contributed by atoms with Crippen LogP contribution in [0, 0.1) is 5.92 Å². The van der Waals surface area contributed by atoms with Crippen LogP contribution in [0.5, 0.6) is 11.6 Å². The van der Waals surface area contributed by atoms with E-state index in [1.54, 1.807) is 19.4 Å². The van der Waals surface area contributed by atoms with Gasteiger partial charge >= 0.3 is 0 Å². The minimum Gasteiger partial charge on any atom is -0.497 e. The van der Waals surface area contributed by atoms with Gasteiger partial charge < -0.3 is 25.2 Å². The van der Waals surface area contributed by atoms with Crippen LogP contribution >= 0.6 is 0 Å². The van der Waals surface area contributed by atoms with E-state index in [2.05, 4.69) is 26.9 Å². The molecule has 200 valence electrons. The van der Waals surface area contributed by atoms with Gasteiger partial charge in [0.15, 0.2) is 0 Å². The number of carbonyl (C=O) groups is 2. The number of hydrogen-bond donors (Lipinski definition) is 4. The molecule has 11 nitrogen and oxygen atoms in total. The first kappa shape index (κ1) is 26.8. The standard InChI is InChI=1S/C24H28N4O6S.CH4O/c1-3-15-12-24(15,23(30)28-35(31,32)18-5-6-18)27-21(29)20-11-17(13-26-20)34-22-19-7-4-16(33-2)10-14(19)8-9-25-22;1-2/h3-4,7-10,15,17-18,20,26H,1,5-6,11-13H2,2H3,(H,27,29)(H,28,30);2H,1H3/t15-,17-,20+,24-;/m1./s1. The summed E-state index contributed by atoms with van der Waals surface area (Å²) in [7, 11) is -1.11. The Bertz CT molecular complexity index is 1300. The summed E-state index contributed by atoms with van der Waals surface area (Å²) in [5.74, 6) is -0.215. The number of pyridine rings is 1. The molecule has 1 aromatic heterocycles. The minimum absolute atomic E-state index is 0.305. The van der Waals surface area contributed by atoms with E-state index in [0.29, 0.717) is 38.1 Å². The van der Waals surface area contributed by atoms with Gasteiger partial charge in [-0.1, -0.05) is 6.08 Å². The Morgan fingerprint density at radius 3 is 2.68 bits per heavy atom. The molecule has 0 unspecified atom stereocenters. The molecule has 1 aromatic carbocycles. The lowest BCUT2D eigenvalue weighted by molar-refractivity contribution is -0.130. The summed E-state index contributed by atoms with van der Waals surface area (Å²) in [6.07, 6.45) is 4.68. The summed E-state index contributed by atoms with van der Waals surface area (Å²) in [6.45, 7) is 4.14. The molecule has 2 saturated carbocycles. The zero-order valence-corrected chi connectivity index (χ0v) is 21.6. The number of benzene rings is 1. The van der Waals surface area contributed by atoms with Gasteiger partial charge in [0.05, 0.1) is 18.4 Å². The molecule has 2 amide bonds. The third kappa shape index (κ3) is 5.55. The number of hydrogen-bond acceptors (Lipinski definition) is 9. The molecule has 0 bridgehead atoms. The SMILES string of the molecule is C=C[C@@H]1C[C@]1(NC(=O)[C@@H]1C[C@@H](Oc2nccc3cc(OC)ccc23)CN1)C(=O)NS(=O)(=O)C1CC1.CO. The Balaban J connectivity index is 0.00000156. The highest BCUT2D eigenvalue weighted by atomic mass is 32.2. The second-order valence-electron chi connectivity index (χ2n) is 9.32. The lowest BCUT2D eigenvalue weighted by atomic mass is 10.1. The number of amides is 2. The maximum Gasteiger partial charge on any atom is 0.259 e. The summed E-state index contributed by atoms with van der Waals surface area (Å²) in [6, 6.07) is 6.88. The number of rotatable bonds is 9. The predicted octanol–water partition coefficient (Wildman–Crippen LogP) is 0.631. The van der Waals surface area contributed by atoms with Crippen molar-refractivity contribution in [2.24, 2.45) is 5.92 Å². The molecule has 2 aromatic rings. The minimum atomic E-state index is -3.72. The number of nitrogens with zero attached hydrogens (tertiary/aromatic N) is 1. The van der Waals surface area contributed by atoms with Crippen molar-refractivity contribution in [1.29, 1.82) is 0 Å². The van der Waals surface area contributed by atoms with E-state index in [1.165, 1.54) is 0 Å². The van der Waals surface area contributed by atoms with Crippen molar-refractivity contribution in [1.82, 2.24) is 20.3 Å². The van der Waals surface area contributed by atoms with E-state index in [9.17, 15) is 18.0 Å². The lowest BCUT2D eigenvalue weighted by Crippen LogP contribution is -2.55. The molecule has 12 heteroatoms. The normalized spacial score (nSPS) is 26.4. The largest absolute Gasteiger partial charge is 0.497 e. The van der Waals surface area contributed by atoms with Crippen molar-refractivity contribution >= 4 is 32.6 Å². The number of carbonyl (C=O) groups excluding carboxylic acids is 2. The quantitative estimate of drug-likeness (QED) is 0.340. The van der Waals surface area contributed by atoms with Gasteiger partial charge in [-0.2, -0.15) is 0 Å². The van der Waals surface area contributed by atoms with E-state index >= 15 is 0 Å². The Labute approximate surface area is 215 Å². The summed E-state index contributed by atoms with van der Waals surface area (Å²) < 4.78 is 38.0. The highest BCUT2D eigenvalue weighted by Crippen LogP contribution is 2.45. The number of aliphatic hydroxyl groups is 1. The number of aliphatic hydroxyl groups excluding tert-OH is 1. The first-order chi connectivity index (χ1) is 17.8. The summed E-state index contributed by atoms with van der Waals surface area (Å²) in [4.78, 5) is 30.2. The Hall–Kier alpha value is -3.22. The zero-order chi connectivity index (χ0) is 26.8. The van der Waals surface area contributed by atoms with Crippen LogP contribution in [0.2, 0.25) is 0 Å². The molecule has 3 aliphatic rings. The number of sulfonamides is 1. The lowest BCUT2D eigenvalue weighted by Gasteiger charge is -2.21. The third-order valence-corrected chi connectivity index (χ3v) is 8.69. The number of ether oxygens (including phenoxy) is 2. The second kappa shape index (κ2) is 10.6. The Morgan fingerprint density at radius 1 is 1.27 bits per heavy atom. The molecule has 0 radical (unpaired) electrons. The fourth-order valence-corrected chi connectivity index (χ4v) is 5.89. The van der Waals surface area contributed by atoms with Crippen LogP contribution in [0.4, 0.5) is 0 Å². The van der Waals surface area contributed by atoms with E-state index < -0.39 is 32.8 Å². The van der Waals surface area contributed by atoms with Crippen LogP contribution in [0.15, 0.2) is 43.1 Å². The molecule has 1 saturated heterocycles. The first-order valence-electron chi connectivity index (χ1n) is 12.0. The van der Waals surface area contributed by atoms with Crippen LogP contribution in [-0.2, 0) is 19.6 Å². The van der Waals surface area contributed by atoms with E-state index in [1.807, 2.05) is 24.3 Å². The van der Waals surface area contributed by atoms with Gasteiger partial charge in [-0.05, 0) is 48.9 Å². The summed E-state index contributed by atoms with van der Waals surface area (Å²) in [5.41, 5.74) is -1.29. The molecule has 2 aliphatic carbocycles. The molecule has 5 rings (SSSR count). The van der Waals surface area contributed by atoms with Gasteiger partial charge in [-0.15, -0.1) is 6.58 Å². The average Bonchev–Trinajstić information content (AvgIpc) is 3.82. The van der Waals surface area contributed by atoms with Gasteiger partial charge in [-0.3, -0.25) is 14.3 Å². The van der Waals surface area contributed by atoms with E-state index in [-0.39, 0.29) is 17.9 Å². The molecular weight excluding hydrogens is 500 g/mol. The smallest absolute Gasteiger partial charge is 0.259 e. The van der Waals surface area contributed by atoms with Crippen LogP contribution in [0.25, 0.3) is 10.8 Å². The average molecular weight is 533 g/mol. The fraction of sp³-hybridized carbons (Fsp3) is 0.480. The molecule has 4 atom stereocenters. The van der Waals surface area contributed by atoms with Crippen molar-refractivity contribution < 1.29 is 32.6 Å². The van der Waals surface area contributed by atoms with Crippen LogP contribution in [-0.4, -0.2) is 74.0 Å². The van der Waals surface area contributed by atoms with Gasteiger partial charge in [0.2, 0.25) is 21.8 Å². The fourth-order valence-electron chi connectivity index (χ4n) is 4.52. The molecule has 0 spiro atoms. The number of nitrogens with one attached hydrogen (secondary N) is 3. The number of fused-ring (bicyclic) bond motifs is 1. The molecule has 4 N–H and O–H groups in total. The second-order valence-corrected chi connectivity index (χ2v) is 11.3. The van der Waals surface area contributed by atoms with Crippen LogP contribution < -0.4 is 24.8 Å². The Kier molecular flexibility index (Phi) is 7.72. The maximum absolute atomic E-state index is 13.0. The van der Waals surface area contributed by atoms with Crippen LogP contribution in [0.3, 0.4) is 0 Å². The van der Waals surface area contributed by atoms with E-state index in [4.69, 9.17) is 14.6 Å². The monoisotopic (exact) mass is 532 g/mol. The van der Waals surface area contributed by atoms with Crippen molar-refractivity contribution in [3.63, 3.8) is 0 Å². The van der Waals surface area contributed by atoms with Gasteiger partial charge in [-0.25, -0.2) is 13.4 Å². The molecule has 37 heavy (non-hydrogen) atoms. The number of methoxy groups -OCH3 is 1. The van der Waals surface area contributed by atoms with Crippen LogP contribution in [0.1, 0.15) is 25.7 Å². The zero-order valence-electron chi connectivity index (χ0n) is 20.8. The van der Waals surface area contributed by atoms with Gasteiger partial charge in [0.25, 0.3) is 5.91 Å². The Morgan fingerprint density at radius 2 is 2.03 bits per heavy atom. The highest BCUT2D eigenvalue weighted by molar-refractivity contribution is 7.91.